The first kappa shape index (κ1) is 25.1. The van der Waals surface area contributed by atoms with Gasteiger partial charge in [-0.2, -0.15) is 0 Å². The fraction of sp³-hybridized carbons (Fsp3) is 0. The van der Waals surface area contributed by atoms with Crippen molar-refractivity contribution in [2.24, 2.45) is 0 Å². The van der Waals surface area contributed by atoms with Crippen LogP contribution in [0.25, 0.3) is 0 Å². The second kappa shape index (κ2) is 9.20. The Kier molecular flexibility index (Phi) is 14.4. The molecule has 0 rings (SSSR count). The van der Waals surface area contributed by atoms with Crippen molar-refractivity contribution < 1.29 is 69.9 Å². The predicted molar refractivity (Wildman–Crippen MR) is 37.0 cm³/mol. The Balaban J connectivity index is -0.0000000655. The van der Waals surface area contributed by atoms with Crippen molar-refractivity contribution in [2.75, 3.05) is 0 Å². The maximum Gasteiger partial charge on any atom is 3.00 e. The van der Waals surface area contributed by atoms with Gasteiger partial charge in [0.15, 0.2) is 0 Å². The van der Waals surface area contributed by atoms with Gasteiger partial charge in [0.05, 0.1) is 0 Å². The number of hydrogen-bond donors (Lipinski definition) is 3. The molecule has 0 aromatic heterocycles. The maximum absolute atomic E-state index is 8.63. The van der Waals surface area contributed by atoms with Crippen LogP contribution in [0.2, 0.25) is 0 Å². The third kappa shape index (κ3) is 120000. The quantitative estimate of drug-likeness (QED) is 0.295. The van der Waals surface area contributed by atoms with Crippen molar-refractivity contribution in [1.82, 2.24) is 0 Å². The van der Waals surface area contributed by atoms with Gasteiger partial charge in [0.25, 0.3) is 0 Å². The van der Waals surface area contributed by atoms with Crippen LogP contribution in [-0.4, -0.2) is 52.6 Å². The van der Waals surface area contributed by atoms with Crippen molar-refractivity contribution in [1.29, 1.82) is 0 Å². The Labute approximate surface area is 101 Å². The fourth-order valence-electron chi connectivity index (χ4n) is 0. The molecule has 0 aromatic rings. The maximum atomic E-state index is 8.63. The average Bonchev–Trinajstić information content (AvgIpc) is 1.41. The molecule has 1 radical (unpaired) electrons. The van der Waals surface area contributed by atoms with Gasteiger partial charge >= 0.3 is 17.4 Å². The van der Waals surface area contributed by atoms with Crippen LogP contribution in [0.3, 0.4) is 0 Å². The molecule has 0 aromatic carbocycles. The van der Waals surface area contributed by atoms with E-state index in [0.717, 1.165) is 0 Å². The van der Waals surface area contributed by atoms with E-state index in [0.29, 0.717) is 0 Å². The molecule has 0 bridgehead atoms. The van der Waals surface area contributed by atoms with Crippen LogP contribution >= 0.6 is 0 Å². The Morgan fingerprint density at radius 3 is 0.562 bits per heavy atom. The summed E-state index contributed by atoms with van der Waals surface area (Å²) in [5.41, 5.74) is 0. The molecule has 0 amide bonds. The van der Waals surface area contributed by atoms with Crippen LogP contribution in [0.4, 0.5) is 0 Å². The second-order valence-corrected chi connectivity index (χ2v) is 3.85. The largest absolute Gasteiger partial charge is 3.00 e. The number of rotatable bonds is 0. The normalized spacial score (nSPS) is 10.9. The van der Waals surface area contributed by atoms with Crippen LogP contribution in [-0.2, 0) is 48.6 Å². The van der Waals surface area contributed by atoms with Gasteiger partial charge in [-0.05, 0) is 0 Å². The molecule has 0 spiro atoms. The van der Waals surface area contributed by atoms with E-state index in [-0.39, 0.29) is 17.4 Å². The molecule has 99 valence electrons. The zero-order chi connectivity index (χ0) is 13.5. The van der Waals surface area contributed by atoms with Crippen molar-refractivity contribution >= 4 is 31.2 Å². The van der Waals surface area contributed by atoms with Crippen molar-refractivity contribution in [3.63, 3.8) is 0 Å². The van der Waals surface area contributed by atoms with Gasteiger partial charge in [-0.25, -0.2) is 25.3 Å². The molecule has 3 N–H and O–H groups in total. The summed E-state index contributed by atoms with van der Waals surface area (Å²) in [6.07, 6.45) is 0. The molecular weight excluding hydrogens is 340 g/mol. The van der Waals surface area contributed by atoms with Crippen LogP contribution < -0.4 is 0 Å². The summed E-state index contributed by atoms with van der Waals surface area (Å²) < 4.78 is 98.5. The van der Waals surface area contributed by atoms with Gasteiger partial charge in [-0.1, -0.05) is 0 Å². The molecule has 0 unspecified atom stereocenters. The fourth-order valence-corrected chi connectivity index (χ4v) is 0. The smallest absolute Gasteiger partial charge is 0.726 e. The van der Waals surface area contributed by atoms with Gasteiger partial charge in [0.1, 0.15) is 0 Å². The molecule has 0 atom stereocenters. The first-order valence-corrected chi connectivity index (χ1v) is 6.14. The minimum absolute atomic E-state index is 0. The minimum Gasteiger partial charge on any atom is -0.726 e. The minimum atomic E-state index is -4.92. The monoisotopic (exact) mass is 343 g/mol. The zero-order valence-electron chi connectivity index (χ0n) is 6.65. The Bertz CT molecular complexity index is 337. The summed E-state index contributed by atoms with van der Waals surface area (Å²) in [5.74, 6) is 0. The Morgan fingerprint density at radius 2 is 0.562 bits per heavy atom. The summed E-state index contributed by atoms with van der Waals surface area (Å²) >= 11 is 0. The summed E-state index contributed by atoms with van der Waals surface area (Å²) in [6.45, 7) is 0. The van der Waals surface area contributed by atoms with Crippen LogP contribution in [0, 0.1) is 0 Å². The van der Waals surface area contributed by atoms with Crippen LogP contribution in [0.15, 0.2) is 0 Å². The zero-order valence-corrected chi connectivity index (χ0v) is 10.4. The molecule has 12 nitrogen and oxygen atoms in total. The molecule has 0 fully saturated rings. The Morgan fingerprint density at radius 1 is 0.562 bits per heavy atom. The van der Waals surface area contributed by atoms with Gasteiger partial charge in [-0.15, -0.1) is 0 Å². The topological polar surface area (TPSA) is 232 Å². The molecule has 0 heterocycles. The first-order valence-electron chi connectivity index (χ1n) is 2.05. The Hall–Kier alpha value is 0.142. The average molecular weight is 343 g/mol. The molecule has 0 saturated heterocycles. The predicted octanol–water partition coefficient (Wildman–Crippen LogP) is -2.99. The van der Waals surface area contributed by atoms with E-state index < -0.39 is 31.2 Å². The van der Waals surface area contributed by atoms with Gasteiger partial charge in [0.2, 0.25) is 31.2 Å². The van der Waals surface area contributed by atoms with Gasteiger partial charge < -0.3 is 13.7 Å². The molecular formula is H3CrO12S3. The molecule has 16 heavy (non-hydrogen) atoms. The molecule has 0 aliphatic rings. The van der Waals surface area contributed by atoms with Gasteiger partial charge in [0, 0.05) is 0 Å². The molecule has 16 heteroatoms. The third-order valence-electron chi connectivity index (χ3n) is 0. The van der Waals surface area contributed by atoms with E-state index in [1.807, 2.05) is 0 Å². The SMILES string of the molecule is O=S(=O)([O-])O.O=S(=O)([O-])O.O=S(=O)([O-])O.[Cr+3]. The summed E-state index contributed by atoms with van der Waals surface area (Å²) in [5, 5.41) is 0. The molecule has 0 aliphatic carbocycles. The van der Waals surface area contributed by atoms with Crippen LogP contribution in [0.5, 0.6) is 0 Å². The van der Waals surface area contributed by atoms with E-state index in [2.05, 4.69) is 0 Å². The van der Waals surface area contributed by atoms with E-state index in [1.54, 1.807) is 0 Å². The second-order valence-electron chi connectivity index (χ2n) is 1.28. The number of hydrogen-bond acceptors (Lipinski definition) is 9. The molecule has 0 saturated carbocycles. The van der Waals surface area contributed by atoms with Crippen molar-refractivity contribution in [2.45, 2.75) is 0 Å². The summed E-state index contributed by atoms with van der Waals surface area (Å²) in [6, 6.07) is 0. The van der Waals surface area contributed by atoms with Crippen molar-refractivity contribution in [3.05, 3.63) is 0 Å². The first-order chi connectivity index (χ1) is 6.00. The standard InChI is InChI=1S/Cr.3H2O4S/c;3*1-5(2,3)4/h;3*(H2,1,2,3,4)/q+3;;;/p-3. The van der Waals surface area contributed by atoms with E-state index in [4.69, 9.17) is 52.6 Å². The molecule has 0 aliphatic heterocycles. The van der Waals surface area contributed by atoms with Crippen LogP contribution in [0.1, 0.15) is 0 Å². The van der Waals surface area contributed by atoms with E-state index in [1.165, 1.54) is 0 Å². The van der Waals surface area contributed by atoms with E-state index >= 15 is 0 Å². The summed E-state index contributed by atoms with van der Waals surface area (Å²) in [7, 11) is -14.7. The summed E-state index contributed by atoms with van der Waals surface area (Å²) in [4.78, 5) is 0. The van der Waals surface area contributed by atoms with Crippen molar-refractivity contribution in [3.8, 4) is 0 Å². The van der Waals surface area contributed by atoms with E-state index in [9.17, 15) is 0 Å². The van der Waals surface area contributed by atoms with Gasteiger partial charge in [-0.3, -0.25) is 13.7 Å². The third-order valence-corrected chi connectivity index (χ3v) is 0.